The molecule has 1 aliphatic carbocycles. The van der Waals surface area contributed by atoms with Crippen LogP contribution in [-0.4, -0.2) is 23.8 Å². The molecule has 1 aromatic carbocycles. The number of alkyl halides is 1. The van der Waals surface area contributed by atoms with Crippen LogP contribution in [0.2, 0.25) is 0 Å². The van der Waals surface area contributed by atoms with Crippen molar-refractivity contribution in [3.63, 3.8) is 0 Å². The Hall–Kier alpha value is -1.26. The van der Waals surface area contributed by atoms with E-state index in [9.17, 15) is 4.79 Å². The van der Waals surface area contributed by atoms with Gasteiger partial charge >= 0.3 is 0 Å². The summed E-state index contributed by atoms with van der Waals surface area (Å²) in [7, 11) is 0. The highest BCUT2D eigenvalue weighted by molar-refractivity contribution is 5.97. The molecule has 1 saturated carbocycles. The van der Waals surface area contributed by atoms with E-state index in [1.807, 2.05) is 13.0 Å². The Kier molecular flexibility index (Phi) is 3.05. The minimum atomic E-state index is -2.07. The number of ether oxygens (including phenoxy) is 2. The van der Waals surface area contributed by atoms with Gasteiger partial charge < -0.3 is 9.47 Å². The zero-order valence-corrected chi connectivity index (χ0v) is 12.9. The molecule has 4 heteroatoms. The van der Waals surface area contributed by atoms with Gasteiger partial charge in [-0.25, -0.2) is 4.39 Å². The van der Waals surface area contributed by atoms with Crippen LogP contribution in [0.5, 0.6) is 0 Å². The second kappa shape index (κ2) is 4.37. The summed E-state index contributed by atoms with van der Waals surface area (Å²) in [5.41, 5.74) is -2.63. The van der Waals surface area contributed by atoms with Gasteiger partial charge in [-0.15, -0.1) is 0 Å². The summed E-state index contributed by atoms with van der Waals surface area (Å²) in [4.78, 5) is 12.8. The van der Waals surface area contributed by atoms with E-state index in [1.54, 1.807) is 45.0 Å². The van der Waals surface area contributed by atoms with E-state index >= 15 is 4.39 Å². The van der Waals surface area contributed by atoms with E-state index in [0.717, 1.165) is 0 Å². The molecule has 0 amide bonds. The number of carbonyl (C=O) groups excluding carboxylic acids is 1. The molecule has 1 saturated heterocycles. The lowest BCUT2D eigenvalue weighted by molar-refractivity contribution is -0.189. The third kappa shape index (κ3) is 1.75. The fourth-order valence-electron chi connectivity index (χ4n) is 3.68. The van der Waals surface area contributed by atoms with Crippen molar-refractivity contribution < 1.29 is 18.7 Å². The molecule has 2 unspecified atom stereocenters. The van der Waals surface area contributed by atoms with Gasteiger partial charge in [0, 0.05) is 5.41 Å². The van der Waals surface area contributed by atoms with Crippen LogP contribution < -0.4 is 0 Å². The standard InChI is InChI=1S/C17H21FO3/c1-5-16(4)14-12(20-15(2,3)21-14)13(19)17(16,18)11-9-7-6-8-10-11/h6-10,12,14H,5H2,1-4H3/t12-,14-,16?,17?/m0/s1. The number of ketones is 1. The molecule has 3 rings (SSSR count). The lowest BCUT2D eigenvalue weighted by atomic mass is 9.70. The Balaban J connectivity index is 2.13. The van der Waals surface area contributed by atoms with E-state index < -0.39 is 34.9 Å². The van der Waals surface area contributed by atoms with Crippen LogP contribution in [0, 0.1) is 5.41 Å². The topological polar surface area (TPSA) is 35.5 Å². The summed E-state index contributed by atoms with van der Waals surface area (Å²) < 4.78 is 27.5. The van der Waals surface area contributed by atoms with E-state index in [0.29, 0.717) is 12.0 Å². The first-order valence-electron chi connectivity index (χ1n) is 7.40. The maximum absolute atomic E-state index is 16.0. The SMILES string of the molecule is CCC1(C)[C@H]2OC(C)(C)O[C@H]2C(=O)C1(F)c1ccccc1. The van der Waals surface area contributed by atoms with Crippen LogP contribution in [0.3, 0.4) is 0 Å². The molecule has 0 N–H and O–H groups in total. The Bertz CT molecular complexity index is 571. The number of halogens is 1. The highest BCUT2D eigenvalue weighted by atomic mass is 19.1. The monoisotopic (exact) mass is 292 g/mol. The van der Waals surface area contributed by atoms with Crippen molar-refractivity contribution in [3.05, 3.63) is 35.9 Å². The molecular weight excluding hydrogens is 271 g/mol. The number of carbonyl (C=O) groups is 1. The van der Waals surface area contributed by atoms with Crippen molar-refractivity contribution in [2.45, 2.75) is 57.8 Å². The first-order valence-corrected chi connectivity index (χ1v) is 7.40. The van der Waals surface area contributed by atoms with Gasteiger partial charge in [-0.1, -0.05) is 44.2 Å². The number of hydrogen-bond acceptors (Lipinski definition) is 3. The van der Waals surface area contributed by atoms with Crippen molar-refractivity contribution in [1.29, 1.82) is 0 Å². The van der Waals surface area contributed by atoms with Gasteiger partial charge in [-0.3, -0.25) is 4.79 Å². The van der Waals surface area contributed by atoms with E-state index in [2.05, 4.69) is 0 Å². The fraction of sp³-hybridized carbons (Fsp3) is 0.588. The predicted molar refractivity (Wildman–Crippen MR) is 76.5 cm³/mol. The lowest BCUT2D eigenvalue weighted by Crippen LogP contribution is -2.46. The smallest absolute Gasteiger partial charge is 0.206 e. The average Bonchev–Trinajstić information content (AvgIpc) is 2.87. The van der Waals surface area contributed by atoms with Gasteiger partial charge in [0.1, 0.15) is 12.2 Å². The minimum absolute atomic E-state index is 0.388. The first kappa shape index (κ1) is 14.7. The van der Waals surface area contributed by atoms with Gasteiger partial charge in [-0.05, 0) is 25.8 Å². The number of Topliss-reactive ketones (excluding diaryl/α,β-unsaturated/α-hetero) is 1. The van der Waals surface area contributed by atoms with Crippen molar-refractivity contribution in [2.75, 3.05) is 0 Å². The second-order valence-corrected chi connectivity index (χ2v) is 6.64. The fourth-order valence-corrected chi connectivity index (χ4v) is 3.68. The zero-order chi connectivity index (χ0) is 15.5. The Morgan fingerprint density at radius 1 is 1.14 bits per heavy atom. The first-order chi connectivity index (χ1) is 9.76. The van der Waals surface area contributed by atoms with Gasteiger partial charge in [0.2, 0.25) is 11.5 Å². The molecule has 1 heterocycles. The zero-order valence-electron chi connectivity index (χ0n) is 12.9. The summed E-state index contributed by atoms with van der Waals surface area (Å²) in [6.45, 7) is 7.20. The molecule has 3 nitrogen and oxygen atoms in total. The van der Waals surface area contributed by atoms with Crippen molar-refractivity contribution in [3.8, 4) is 0 Å². The number of benzene rings is 1. The molecule has 2 aliphatic rings. The van der Waals surface area contributed by atoms with Crippen LogP contribution in [0.1, 0.15) is 39.7 Å². The molecule has 2 fully saturated rings. The van der Waals surface area contributed by atoms with Gasteiger partial charge in [0.15, 0.2) is 5.79 Å². The van der Waals surface area contributed by atoms with Crippen molar-refractivity contribution in [2.24, 2.45) is 5.41 Å². The number of hydrogen-bond donors (Lipinski definition) is 0. The molecular formula is C17H21FO3. The van der Waals surface area contributed by atoms with Crippen LogP contribution in [0.4, 0.5) is 4.39 Å². The Morgan fingerprint density at radius 3 is 2.33 bits per heavy atom. The van der Waals surface area contributed by atoms with Gasteiger partial charge in [0.25, 0.3) is 0 Å². The van der Waals surface area contributed by atoms with Crippen LogP contribution in [0.25, 0.3) is 0 Å². The summed E-state index contributed by atoms with van der Waals surface area (Å²) in [6, 6.07) is 8.64. The molecule has 0 spiro atoms. The maximum atomic E-state index is 16.0. The molecule has 1 aromatic rings. The highest BCUT2D eigenvalue weighted by Crippen LogP contribution is 2.60. The van der Waals surface area contributed by atoms with Crippen LogP contribution in [0.15, 0.2) is 30.3 Å². The maximum Gasteiger partial charge on any atom is 0.206 e. The van der Waals surface area contributed by atoms with E-state index in [4.69, 9.17) is 9.47 Å². The minimum Gasteiger partial charge on any atom is -0.343 e. The molecule has 0 aromatic heterocycles. The molecule has 1 aliphatic heterocycles. The molecule has 21 heavy (non-hydrogen) atoms. The normalized spacial score (nSPS) is 41.3. The number of rotatable bonds is 2. The van der Waals surface area contributed by atoms with Crippen molar-refractivity contribution in [1.82, 2.24) is 0 Å². The summed E-state index contributed by atoms with van der Waals surface area (Å²) in [5, 5.41) is 0. The molecule has 0 radical (unpaired) electrons. The summed E-state index contributed by atoms with van der Waals surface area (Å²) in [6.07, 6.45) is -0.907. The summed E-state index contributed by atoms with van der Waals surface area (Å²) in [5.74, 6) is -1.37. The van der Waals surface area contributed by atoms with Gasteiger partial charge in [-0.2, -0.15) is 0 Å². The van der Waals surface area contributed by atoms with E-state index in [-0.39, 0.29) is 0 Å². The number of fused-ring (bicyclic) bond motifs is 1. The Labute approximate surface area is 124 Å². The third-order valence-electron chi connectivity index (χ3n) is 5.02. The second-order valence-electron chi connectivity index (χ2n) is 6.64. The molecule has 0 bridgehead atoms. The summed E-state index contributed by atoms with van der Waals surface area (Å²) >= 11 is 0. The highest BCUT2D eigenvalue weighted by Gasteiger charge is 2.73. The van der Waals surface area contributed by atoms with Crippen molar-refractivity contribution >= 4 is 5.78 Å². The molecule has 4 atom stereocenters. The van der Waals surface area contributed by atoms with Crippen LogP contribution >= 0.6 is 0 Å². The third-order valence-corrected chi connectivity index (χ3v) is 5.02. The Morgan fingerprint density at radius 2 is 1.76 bits per heavy atom. The molecule has 114 valence electrons. The lowest BCUT2D eigenvalue weighted by Gasteiger charge is -2.39. The predicted octanol–water partition coefficient (Wildman–Crippen LogP) is 3.37. The largest absolute Gasteiger partial charge is 0.343 e. The quantitative estimate of drug-likeness (QED) is 0.838. The average molecular weight is 292 g/mol. The van der Waals surface area contributed by atoms with Gasteiger partial charge in [0.05, 0.1) is 0 Å². The van der Waals surface area contributed by atoms with Crippen LogP contribution in [-0.2, 0) is 19.9 Å². The van der Waals surface area contributed by atoms with E-state index in [1.165, 1.54) is 0 Å².